The number of piperidine rings is 1. The van der Waals surface area contributed by atoms with Crippen LogP contribution in [0.1, 0.15) is 52.4 Å². The summed E-state index contributed by atoms with van der Waals surface area (Å²) in [4.78, 5) is 12.1. The average Bonchev–Trinajstić information content (AvgIpc) is 2.33. The van der Waals surface area contributed by atoms with Crippen molar-refractivity contribution in [3.8, 4) is 0 Å². The smallest absolute Gasteiger partial charge is 0.224 e. The van der Waals surface area contributed by atoms with Gasteiger partial charge in [-0.15, -0.1) is 0 Å². The second-order valence-electron chi connectivity index (χ2n) is 6.49. The summed E-state index contributed by atoms with van der Waals surface area (Å²) in [6.45, 7) is 6.59. The lowest BCUT2D eigenvalue weighted by atomic mass is 9.75. The quantitative estimate of drug-likeness (QED) is 0.773. The Morgan fingerprint density at radius 2 is 1.94 bits per heavy atom. The normalized spacial score (nSPS) is 29.9. The number of hydrogen-bond donors (Lipinski definition) is 2. The molecule has 1 amide bonds. The molecule has 2 aliphatic rings. The van der Waals surface area contributed by atoms with Crippen LogP contribution in [-0.2, 0) is 4.79 Å². The highest BCUT2D eigenvalue weighted by atomic mass is 16.2. The SMILES string of the molecule is CC1(C)CCC(NC(=O)[C@@H]2CCCNC2)CC1. The molecule has 0 aromatic heterocycles. The van der Waals surface area contributed by atoms with E-state index in [0.29, 0.717) is 11.5 Å². The molecule has 0 aromatic rings. The number of carbonyl (C=O) groups is 1. The van der Waals surface area contributed by atoms with Gasteiger partial charge in [0.2, 0.25) is 5.91 Å². The third-order valence-corrected chi connectivity index (χ3v) is 4.35. The maximum Gasteiger partial charge on any atom is 0.224 e. The fourth-order valence-electron chi connectivity index (χ4n) is 2.94. The summed E-state index contributed by atoms with van der Waals surface area (Å²) < 4.78 is 0. The van der Waals surface area contributed by atoms with Gasteiger partial charge in [0.1, 0.15) is 0 Å². The molecule has 17 heavy (non-hydrogen) atoms. The highest BCUT2D eigenvalue weighted by molar-refractivity contribution is 5.79. The molecule has 2 fully saturated rings. The Kier molecular flexibility index (Phi) is 4.08. The molecule has 1 aliphatic carbocycles. The summed E-state index contributed by atoms with van der Waals surface area (Å²) in [6.07, 6.45) is 6.96. The van der Waals surface area contributed by atoms with Gasteiger partial charge >= 0.3 is 0 Å². The molecule has 98 valence electrons. The fourth-order valence-corrected chi connectivity index (χ4v) is 2.94. The van der Waals surface area contributed by atoms with E-state index in [9.17, 15) is 4.79 Å². The van der Waals surface area contributed by atoms with E-state index in [0.717, 1.165) is 38.8 Å². The minimum Gasteiger partial charge on any atom is -0.353 e. The van der Waals surface area contributed by atoms with Gasteiger partial charge in [0.15, 0.2) is 0 Å². The van der Waals surface area contributed by atoms with Gasteiger partial charge in [-0.3, -0.25) is 4.79 Å². The Bertz CT molecular complexity index is 259. The lowest BCUT2D eigenvalue weighted by Crippen LogP contribution is -2.46. The predicted octanol–water partition coefficient (Wildman–Crippen LogP) is 2.07. The Hall–Kier alpha value is -0.570. The molecule has 1 heterocycles. The first-order valence-corrected chi connectivity index (χ1v) is 7.08. The summed E-state index contributed by atoms with van der Waals surface area (Å²) in [5, 5.41) is 6.55. The standard InChI is InChI=1S/C14H26N2O/c1-14(2)7-5-12(6-8-14)16-13(17)11-4-3-9-15-10-11/h11-12,15H,3-10H2,1-2H3,(H,16,17)/t11-/m1/s1. The molecular formula is C14H26N2O. The molecule has 1 aliphatic heterocycles. The minimum atomic E-state index is 0.207. The van der Waals surface area contributed by atoms with Crippen molar-refractivity contribution in [2.24, 2.45) is 11.3 Å². The highest BCUT2D eigenvalue weighted by Crippen LogP contribution is 2.35. The fraction of sp³-hybridized carbons (Fsp3) is 0.929. The molecule has 2 rings (SSSR count). The van der Waals surface area contributed by atoms with Gasteiger partial charge in [0.05, 0.1) is 5.92 Å². The van der Waals surface area contributed by atoms with Gasteiger partial charge in [0.25, 0.3) is 0 Å². The van der Waals surface area contributed by atoms with Crippen LogP contribution in [0, 0.1) is 11.3 Å². The van der Waals surface area contributed by atoms with E-state index < -0.39 is 0 Å². The van der Waals surface area contributed by atoms with E-state index in [2.05, 4.69) is 24.5 Å². The number of nitrogens with one attached hydrogen (secondary N) is 2. The van der Waals surface area contributed by atoms with Crippen molar-refractivity contribution >= 4 is 5.91 Å². The summed E-state index contributed by atoms with van der Waals surface area (Å²) in [5.74, 6) is 0.487. The molecule has 3 nitrogen and oxygen atoms in total. The van der Waals surface area contributed by atoms with E-state index in [1.807, 2.05) is 0 Å². The van der Waals surface area contributed by atoms with Crippen molar-refractivity contribution in [2.45, 2.75) is 58.4 Å². The van der Waals surface area contributed by atoms with Crippen LogP contribution in [-0.4, -0.2) is 25.0 Å². The second-order valence-corrected chi connectivity index (χ2v) is 6.49. The molecule has 0 spiro atoms. The Labute approximate surface area is 105 Å². The Morgan fingerprint density at radius 3 is 2.53 bits per heavy atom. The van der Waals surface area contributed by atoms with Crippen LogP contribution in [0.25, 0.3) is 0 Å². The third kappa shape index (κ3) is 3.70. The Morgan fingerprint density at radius 1 is 1.24 bits per heavy atom. The van der Waals surface area contributed by atoms with E-state index in [1.165, 1.54) is 12.8 Å². The van der Waals surface area contributed by atoms with E-state index in [1.54, 1.807) is 0 Å². The molecule has 0 radical (unpaired) electrons. The first-order valence-electron chi connectivity index (χ1n) is 7.08. The average molecular weight is 238 g/mol. The van der Waals surface area contributed by atoms with Crippen molar-refractivity contribution in [3.63, 3.8) is 0 Å². The Balaban J connectivity index is 1.75. The molecule has 1 atom stereocenters. The summed E-state index contributed by atoms with van der Waals surface area (Å²) in [5.41, 5.74) is 0.480. The summed E-state index contributed by atoms with van der Waals surface area (Å²) in [7, 11) is 0. The first kappa shape index (κ1) is 12.9. The van der Waals surface area contributed by atoms with Crippen LogP contribution in [0.3, 0.4) is 0 Å². The van der Waals surface area contributed by atoms with Crippen LogP contribution in [0.2, 0.25) is 0 Å². The van der Waals surface area contributed by atoms with Crippen molar-refractivity contribution in [1.82, 2.24) is 10.6 Å². The van der Waals surface area contributed by atoms with Crippen molar-refractivity contribution in [1.29, 1.82) is 0 Å². The van der Waals surface area contributed by atoms with Gasteiger partial charge < -0.3 is 10.6 Å². The van der Waals surface area contributed by atoms with E-state index in [-0.39, 0.29) is 11.8 Å². The highest BCUT2D eigenvalue weighted by Gasteiger charge is 2.29. The van der Waals surface area contributed by atoms with Crippen LogP contribution in [0.4, 0.5) is 0 Å². The minimum absolute atomic E-state index is 0.207. The largest absolute Gasteiger partial charge is 0.353 e. The maximum absolute atomic E-state index is 12.1. The zero-order chi connectivity index (χ0) is 12.3. The van der Waals surface area contributed by atoms with E-state index >= 15 is 0 Å². The molecule has 2 N–H and O–H groups in total. The third-order valence-electron chi connectivity index (χ3n) is 4.35. The number of hydrogen-bond acceptors (Lipinski definition) is 2. The number of carbonyl (C=O) groups excluding carboxylic acids is 1. The second kappa shape index (κ2) is 5.38. The molecule has 0 aromatic carbocycles. The van der Waals surface area contributed by atoms with Gasteiger partial charge in [-0.05, 0) is 50.5 Å². The molecular weight excluding hydrogens is 212 g/mol. The molecule has 0 unspecified atom stereocenters. The van der Waals surface area contributed by atoms with Crippen molar-refractivity contribution < 1.29 is 4.79 Å². The van der Waals surface area contributed by atoms with Crippen LogP contribution in [0.15, 0.2) is 0 Å². The number of amides is 1. The van der Waals surface area contributed by atoms with Gasteiger partial charge in [-0.2, -0.15) is 0 Å². The monoisotopic (exact) mass is 238 g/mol. The van der Waals surface area contributed by atoms with Gasteiger partial charge in [0, 0.05) is 12.6 Å². The lowest BCUT2D eigenvalue weighted by Gasteiger charge is -2.35. The van der Waals surface area contributed by atoms with Crippen molar-refractivity contribution in [3.05, 3.63) is 0 Å². The predicted molar refractivity (Wildman–Crippen MR) is 69.8 cm³/mol. The van der Waals surface area contributed by atoms with Gasteiger partial charge in [-0.25, -0.2) is 0 Å². The molecule has 1 saturated heterocycles. The lowest BCUT2D eigenvalue weighted by molar-refractivity contribution is -0.126. The molecule has 1 saturated carbocycles. The van der Waals surface area contributed by atoms with E-state index in [4.69, 9.17) is 0 Å². The summed E-state index contributed by atoms with van der Waals surface area (Å²) in [6, 6.07) is 0.428. The van der Waals surface area contributed by atoms with Crippen molar-refractivity contribution in [2.75, 3.05) is 13.1 Å². The van der Waals surface area contributed by atoms with Crippen LogP contribution < -0.4 is 10.6 Å². The van der Waals surface area contributed by atoms with Crippen LogP contribution in [0.5, 0.6) is 0 Å². The molecule has 3 heteroatoms. The summed E-state index contributed by atoms with van der Waals surface area (Å²) >= 11 is 0. The number of rotatable bonds is 2. The van der Waals surface area contributed by atoms with Gasteiger partial charge in [-0.1, -0.05) is 13.8 Å². The molecule has 0 bridgehead atoms. The zero-order valence-electron chi connectivity index (χ0n) is 11.2. The van der Waals surface area contributed by atoms with Crippen LogP contribution >= 0.6 is 0 Å². The maximum atomic E-state index is 12.1. The first-order chi connectivity index (χ1) is 8.07. The zero-order valence-corrected chi connectivity index (χ0v) is 11.2. The topological polar surface area (TPSA) is 41.1 Å².